The molecule has 1 aromatic heterocycles. The molecular formula is C9H13N3O2. The van der Waals surface area contributed by atoms with E-state index in [1.807, 2.05) is 0 Å². The lowest BCUT2D eigenvalue weighted by atomic mass is 9.92. The predicted molar refractivity (Wildman–Crippen MR) is 52.4 cm³/mol. The highest BCUT2D eigenvalue weighted by atomic mass is 16.3. The van der Waals surface area contributed by atoms with Crippen molar-refractivity contribution < 1.29 is 5.11 Å². The van der Waals surface area contributed by atoms with Gasteiger partial charge in [-0.2, -0.15) is 4.98 Å². The number of aromatic nitrogens is 2. The first-order chi connectivity index (χ1) is 6.48. The first-order valence-corrected chi connectivity index (χ1v) is 4.53. The maximum absolute atomic E-state index is 11.5. The summed E-state index contributed by atoms with van der Waals surface area (Å²) in [6.07, 6.45) is 0. The molecule has 0 amide bonds. The number of rotatable bonds is 0. The maximum Gasteiger partial charge on any atom is 0.258 e. The van der Waals surface area contributed by atoms with E-state index in [-0.39, 0.29) is 16.9 Å². The van der Waals surface area contributed by atoms with E-state index in [0.717, 1.165) is 12.6 Å². The Morgan fingerprint density at radius 2 is 2.36 bits per heavy atom. The second kappa shape index (κ2) is 2.73. The SMILES string of the molecule is CC1(C)CNc2nc(O)cc(=O)n2C1. The first-order valence-electron chi connectivity index (χ1n) is 4.53. The van der Waals surface area contributed by atoms with E-state index in [9.17, 15) is 4.79 Å². The third-order valence-electron chi connectivity index (χ3n) is 2.31. The molecule has 14 heavy (non-hydrogen) atoms. The summed E-state index contributed by atoms with van der Waals surface area (Å²) in [4.78, 5) is 15.3. The van der Waals surface area contributed by atoms with Gasteiger partial charge in [0.2, 0.25) is 11.8 Å². The second-order valence-corrected chi connectivity index (χ2v) is 4.38. The molecule has 0 aromatic carbocycles. The number of nitrogens with zero attached hydrogens (tertiary/aromatic N) is 2. The Kier molecular flexibility index (Phi) is 1.77. The predicted octanol–water partition coefficient (Wildman–Crippen LogP) is 0.401. The first kappa shape index (κ1) is 9.05. The molecular weight excluding hydrogens is 182 g/mol. The molecule has 0 saturated carbocycles. The zero-order valence-electron chi connectivity index (χ0n) is 8.24. The monoisotopic (exact) mass is 195 g/mol. The largest absolute Gasteiger partial charge is 0.493 e. The molecule has 0 unspecified atom stereocenters. The third kappa shape index (κ3) is 1.45. The lowest BCUT2D eigenvalue weighted by molar-refractivity contribution is 0.299. The van der Waals surface area contributed by atoms with Crippen molar-refractivity contribution in [3.8, 4) is 5.88 Å². The lowest BCUT2D eigenvalue weighted by Crippen LogP contribution is -2.40. The van der Waals surface area contributed by atoms with Gasteiger partial charge >= 0.3 is 0 Å². The lowest BCUT2D eigenvalue weighted by Gasteiger charge is -2.32. The Hall–Kier alpha value is -1.52. The number of aromatic hydroxyl groups is 1. The molecule has 0 atom stereocenters. The highest BCUT2D eigenvalue weighted by molar-refractivity contribution is 5.31. The van der Waals surface area contributed by atoms with Crippen LogP contribution in [0.5, 0.6) is 5.88 Å². The molecule has 2 heterocycles. The van der Waals surface area contributed by atoms with E-state index in [1.54, 1.807) is 4.57 Å². The standard InChI is InChI=1S/C9H13N3O2/c1-9(2)4-10-8-11-6(13)3-7(14)12(8)5-9/h3,13H,4-5H2,1-2H3,(H,10,11). The van der Waals surface area contributed by atoms with Crippen LogP contribution in [0.2, 0.25) is 0 Å². The van der Waals surface area contributed by atoms with E-state index < -0.39 is 0 Å². The van der Waals surface area contributed by atoms with Gasteiger partial charge in [0, 0.05) is 18.5 Å². The van der Waals surface area contributed by atoms with Crippen molar-refractivity contribution in [2.45, 2.75) is 20.4 Å². The van der Waals surface area contributed by atoms with E-state index in [0.29, 0.717) is 12.5 Å². The highest BCUT2D eigenvalue weighted by Crippen LogP contribution is 2.24. The summed E-state index contributed by atoms with van der Waals surface area (Å²) in [6, 6.07) is 1.13. The second-order valence-electron chi connectivity index (χ2n) is 4.38. The van der Waals surface area contributed by atoms with Gasteiger partial charge in [-0.05, 0) is 0 Å². The average molecular weight is 195 g/mol. The molecule has 2 N–H and O–H groups in total. The van der Waals surface area contributed by atoms with E-state index in [4.69, 9.17) is 5.11 Å². The molecule has 0 spiro atoms. The summed E-state index contributed by atoms with van der Waals surface area (Å²) in [7, 11) is 0. The van der Waals surface area contributed by atoms with Gasteiger partial charge in [0.15, 0.2) is 0 Å². The van der Waals surface area contributed by atoms with Gasteiger partial charge in [0.05, 0.1) is 6.07 Å². The number of fused-ring (bicyclic) bond motifs is 1. The van der Waals surface area contributed by atoms with Crippen LogP contribution in [0.25, 0.3) is 0 Å². The Bertz CT molecular complexity index is 423. The van der Waals surface area contributed by atoms with Crippen LogP contribution in [0.15, 0.2) is 10.9 Å². The smallest absolute Gasteiger partial charge is 0.258 e. The van der Waals surface area contributed by atoms with Crippen LogP contribution in [-0.4, -0.2) is 21.2 Å². The zero-order chi connectivity index (χ0) is 10.3. The van der Waals surface area contributed by atoms with Crippen molar-refractivity contribution in [1.29, 1.82) is 0 Å². The van der Waals surface area contributed by atoms with Crippen LogP contribution in [0.4, 0.5) is 5.95 Å². The van der Waals surface area contributed by atoms with E-state index in [1.165, 1.54) is 0 Å². The molecule has 5 nitrogen and oxygen atoms in total. The topological polar surface area (TPSA) is 67.2 Å². The minimum absolute atomic E-state index is 0.0372. The average Bonchev–Trinajstić information content (AvgIpc) is 2.06. The summed E-state index contributed by atoms with van der Waals surface area (Å²) in [6.45, 7) is 5.52. The molecule has 1 aliphatic rings. The third-order valence-corrected chi connectivity index (χ3v) is 2.31. The number of hydrogen-bond acceptors (Lipinski definition) is 4. The molecule has 1 aliphatic heterocycles. The minimum atomic E-state index is -0.228. The fourth-order valence-corrected chi connectivity index (χ4v) is 1.58. The Balaban J connectivity index is 2.53. The molecule has 0 fully saturated rings. The minimum Gasteiger partial charge on any atom is -0.493 e. The molecule has 1 aromatic rings. The van der Waals surface area contributed by atoms with Crippen LogP contribution < -0.4 is 10.9 Å². The molecule has 76 valence electrons. The van der Waals surface area contributed by atoms with E-state index in [2.05, 4.69) is 24.1 Å². The van der Waals surface area contributed by atoms with Crippen molar-refractivity contribution in [3.63, 3.8) is 0 Å². The van der Waals surface area contributed by atoms with Crippen LogP contribution >= 0.6 is 0 Å². The maximum atomic E-state index is 11.5. The van der Waals surface area contributed by atoms with Crippen molar-refractivity contribution in [2.24, 2.45) is 5.41 Å². The van der Waals surface area contributed by atoms with Crippen molar-refractivity contribution >= 4 is 5.95 Å². The fourth-order valence-electron chi connectivity index (χ4n) is 1.58. The van der Waals surface area contributed by atoms with Crippen molar-refractivity contribution in [1.82, 2.24) is 9.55 Å². The quantitative estimate of drug-likeness (QED) is 0.629. The van der Waals surface area contributed by atoms with Crippen LogP contribution in [0.1, 0.15) is 13.8 Å². The summed E-state index contributed by atoms with van der Waals surface area (Å²) in [5, 5.41) is 12.2. The number of nitrogens with one attached hydrogen (secondary N) is 1. The molecule has 0 radical (unpaired) electrons. The Morgan fingerprint density at radius 3 is 3.07 bits per heavy atom. The summed E-state index contributed by atoms with van der Waals surface area (Å²) in [5.41, 5.74) is -0.178. The zero-order valence-corrected chi connectivity index (χ0v) is 8.24. The molecule has 0 bridgehead atoms. The Morgan fingerprint density at radius 1 is 1.64 bits per heavy atom. The summed E-state index contributed by atoms with van der Waals surface area (Å²) >= 11 is 0. The van der Waals surface area contributed by atoms with Gasteiger partial charge < -0.3 is 10.4 Å². The van der Waals surface area contributed by atoms with Crippen LogP contribution in [0, 0.1) is 5.41 Å². The molecule has 5 heteroatoms. The van der Waals surface area contributed by atoms with Crippen LogP contribution in [-0.2, 0) is 6.54 Å². The normalized spacial score (nSPS) is 18.4. The van der Waals surface area contributed by atoms with Crippen LogP contribution in [0.3, 0.4) is 0 Å². The fraction of sp³-hybridized carbons (Fsp3) is 0.556. The Labute approximate surface area is 81.4 Å². The summed E-state index contributed by atoms with van der Waals surface area (Å²) < 4.78 is 1.54. The molecule has 2 rings (SSSR count). The summed E-state index contributed by atoms with van der Waals surface area (Å²) in [5.74, 6) is 0.225. The number of hydrogen-bond donors (Lipinski definition) is 2. The van der Waals surface area contributed by atoms with Crippen molar-refractivity contribution in [2.75, 3.05) is 11.9 Å². The van der Waals surface area contributed by atoms with Gasteiger partial charge in [-0.3, -0.25) is 9.36 Å². The van der Waals surface area contributed by atoms with Gasteiger partial charge in [0.25, 0.3) is 5.56 Å². The van der Waals surface area contributed by atoms with Gasteiger partial charge in [-0.25, -0.2) is 0 Å². The molecule has 0 saturated heterocycles. The van der Waals surface area contributed by atoms with Crippen molar-refractivity contribution in [3.05, 3.63) is 16.4 Å². The number of anilines is 1. The van der Waals surface area contributed by atoms with Gasteiger partial charge in [-0.15, -0.1) is 0 Å². The van der Waals surface area contributed by atoms with Gasteiger partial charge in [-0.1, -0.05) is 13.8 Å². The van der Waals surface area contributed by atoms with E-state index >= 15 is 0 Å². The van der Waals surface area contributed by atoms with Gasteiger partial charge in [0.1, 0.15) is 0 Å². The highest BCUT2D eigenvalue weighted by Gasteiger charge is 2.26. The molecule has 0 aliphatic carbocycles.